The summed E-state index contributed by atoms with van der Waals surface area (Å²) in [6.45, 7) is 0.925. The highest BCUT2D eigenvalue weighted by Crippen LogP contribution is 2.58. The molecule has 0 spiro atoms. The molecule has 1 aromatic carbocycles. The number of carbonyl (C=O) groups excluding carboxylic acids is 1. The van der Waals surface area contributed by atoms with Gasteiger partial charge in [0.15, 0.2) is 0 Å². The van der Waals surface area contributed by atoms with Gasteiger partial charge in [-0.05, 0) is 24.8 Å². The van der Waals surface area contributed by atoms with Crippen molar-refractivity contribution < 1.29 is 4.79 Å². The molecule has 100 valence electrons. The Bertz CT molecular complexity index is 523. The Hall–Kier alpha value is -0.960. The van der Waals surface area contributed by atoms with Crippen LogP contribution in [0.4, 0.5) is 0 Å². The first-order valence-electron chi connectivity index (χ1n) is 7.39. The van der Waals surface area contributed by atoms with Gasteiger partial charge in [0.1, 0.15) is 4.87 Å². The van der Waals surface area contributed by atoms with E-state index < -0.39 is 0 Å². The number of hydrogen-bond acceptors (Lipinski definition) is 2. The first kappa shape index (κ1) is 11.8. The van der Waals surface area contributed by atoms with E-state index in [9.17, 15) is 4.79 Å². The zero-order valence-corrected chi connectivity index (χ0v) is 11.9. The zero-order valence-electron chi connectivity index (χ0n) is 11.1. The van der Waals surface area contributed by atoms with Gasteiger partial charge in [0.2, 0.25) is 0 Å². The Balaban J connectivity index is 1.86. The average molecular weight is 273 g/mol. The number of carbonyl (C=O) groups is 1. The molecule has 2 fully saturated rings. The molecule has 2 nitrogen and oxygen atoms in total. The van der Waals surface area contributed by atoms with Crippen LogP contribution in [0.2, 0.25) is 0 Å². The van der Waals surface area contributed by atoms with E-state index in [1.54, 1.807) is 0 Å². The van der Waals surface area contributed by atoms with Crippen molar-refractivity contribution in [3.63, 3.8) is 0 Å². The maximum Gasteiger partial charge on any atom is 0.255 e. The summed E-state index contributed by atoms with van der Waals surface area (Å²) in [4.78, 5) is 14.8. The lowest BCUT2D eigenvalue weighted by atomic mass is 9.80. The summed E-state index contributed by atoms with van der Waals surface area (Å²) in [5.74, 6) is 2.02. The molecule has 1 amide bonds. The smallest absolute Gasteiger partial charge is 0.255 e. The number of amides is 1. The van der Waals surface area contributed by atoms with E-state index in [1.165, 1.54) is 37.7 Å². The molecule has 0 aromatic heterocycles. The first-order chi connectivity index (χ1) is 9.34. The van der Waals surface area contributed by atoms with Gasteiger partial charge in [-0.15, -0.1) is 11.8 Å². The average Bonchev–Trinajstić information content (AvgIpc) is 3.01. The highest BCUT2D eigenvalue weighted by Gasteiger charge is 2.56. The predicted molar refractivity (Wildman–Crippen MR) is 78.2 cm³/mol. The maximum absolute atomic E-state index is 12.6. The lowest BCUT2D eigenvalue weighted by molar-refractivity contribution is 0.0616. The van der Waals surface area contributed by atoms with Gasteiger partial charge in [-0.3, -0.25) is 4.79 Å². The molecule has 19 heavy (non-hydrogen) atoms. The van der Waals surface area contributed by atoms with Crippen molar-refractivity contribution >= 4 is 17.7 Å². The largest absolute Gasteiger partial charge is 0.319 e. The van der Waals surface area contributed by atoms with E-state index in [4.69, 9.17) is 0 Å². The summed E-state index contributed by atoms with van der Waals surface area (Å²) in [6.07, 6.45) is 6.59. The lowest BCUT2D eigenvalue weighted by Gasteiger charge is -2.41. The summed E-state index contributed by atoms with van der Waals surface area (Å²) < 4.78 is 0. The fraction of sp³-hybridized carbons (Fsp3) is 0.562. The molecule has 1 unspecified atom stereocenters. The third kappa shape index (κ3) is 1.48. The van der Waals surface area contributed by atoms with Gasteiger partial charge in [0.05, 0.1) is 0 Å². The molecule has 2 heterocycles. The molecular formula is C16H19NOS. The molecule has 1 atom stereocenters. The Morgan fingerprint density at radius 1 is 1.16 bits per heavy atom. The molecule has 0 bridgehead atoms. The molecule has 1 saturated carbocycles. The van der Waals surface area contributed by atoms with Crippen molar-refractivity contribution in [2.75, 3.05) is 12.3 Å². The summed E-state index contributed by atoms with van der Waals surface area (Å²) in [6, 6.07) is 8.30. The van der Waals surface area contributed by atoms with Crippen molar-refractivity contribution in [2.24, 2.45) is 5.92 Å². The Morgan fingerprint density at radius 2 is 1.95 bits per heavy atom. The van der Waals surface area contributed by atoms with Gasteiger partial charge < -0.3 is 4.90 Å². The molecule has 3 aliphatic rings. The van der Waals surface area contributed by atoms with Crippen molar-refractivity contribution in [3.8, 4) is 0 Å². The van der Waals surface area contributed by atoms with Crippen LogP contribution in [0.5, 0.6) is 0 Å². The van der Waals surface area contributed by atoms with Crippen LogP contribution < -0.4 is 0 Å². The van der Waals surface area contributed by atoms with E-state index in [-0.39, 0.29) is 10.8 Å². The second-order valence-electron chi connectivity index (χ2n) is 5.88. The molecule has 1 aliphatic carbocycles. The Labute approximate surface area is 118 Å². The number of hydrogen-bond donors (Lipinski definition) is 0. The van der Waals surface area contributed by atoms with E-state index >= 15 is 0 Å². The van der Waals surface area contributed by atoms with Crippen LogP contribution in [0.15, 0.2) is 24.3 Å². The van der Waals surface area contributed by atoms with Crippen molar-refractivity contribution in [3.05, 3.63) is 35.4 Å². The number of nitrogens with zero attached hydrogens (tertiary/aromatic N) is 1. The fourth-order valence-electron chi connectivity index (χ4n) is 4.19. The van der Waals surface area contributed by atoms with Crippen LogP contribution in [0, 0.1) is 5.92 Å². The number of thioether (sulfide) groups is 1. The summed E-state index contributed by atoms with van der Waals surface area (Å²) in [5, 5.41) is 0. The highest BCUT2D eigenvalue weighted by atomic mass is 32.2. The molecule has 0 N–H and O–H groups in total. The Kier molecular flexibility index (Phi) is 2.66. The SMILES string of the molecule is O=C1c2ccccc2C2(C3CCCCC3)SCCN12. The van der Waals surface area contributed by atoms with Crippen LogP contribution in [0.1, 0.15) is 48.0 Å². The van der Waals surface area contributed by atoms with Crippen LogP contribution in [0.3, 0.4) is 0 Å². The summed E-state index contributed by atoms with van der Waals surface area (Å²) in [7, 11) is 0. The second-order valence-corrected chi connectivity index (χ2v) is 7.20. The molecule has 0 radical (unpaired) electrons. The molecule has 2 aliphatic heterocycles. The van der Waals surface area contributed by atoms with Gasteiger partial charge in [0, 0.05) is 23.4 Å². The van der Waals surface area contributed by atoms with Crippen molar-refractivity contribution in [2.45, 2.75) is 37.0 Å². The van der Waals surface area contributed by atoms with Gasteiger partial charge >= 0.3 is 0 Å². The molecule has 4 rings (SSSR count). The molecule has 1 aromatic rings. The van der Waals surface area contributed by atoms with Gasteiger partial charge in [-0.2, -0.15) is 0 Å². The summed E-state index contributed by atoms with van der Waals surface area (Å²) >= 11 is 2.02. The minimum absolute atomic E-state index is 0.0197. The summed E-state index contributed by atoms with van der Waals surface area (Å²) in [5.41, 5.74) is 2.26. The maximum atomic E-state index is 12.6. The molecule has 3 heteroatoms. The lowest BCUT2D eigenvalue weighted by Crippen LogP contribution is -2.43. The van der Waals surface area contributed by atoms with Crippen molar-refractivity contribution in [1.29, 1.82) is 0 Å². The van der Waals surface area contributed by atoms with Crippen LogP contribution in [-0.2, 0) is 4.87 Å². The monoisotopic (exact) mass is 273 g/mol. The van der Waals surface area contributed by atoms with Gasteiger partial charge in [-0.1, -0.05) is 37.5 Å². The molecular weight excluding hydrogens is 254 g/mol. The van der Waals surface area contributed by atoms with Crippen LogP contribution in [0.25, 0.3) is 0 Å². The van der Waals surface area contributed by atoms with Gasteiger partial charge in [0.25, 0.3) is 5.91 Å². The third-order valence-corrected chi connectivity index (χ3v) is 6.59. The fourth-order valence-corrected chi connectivity index (χ4v) is 5.91. The van der Waals surface area contributed by atoms with Crippen LogP contribution >= 0.6 is 11.8 Å². The van der Waals surface area contributed by atoms with Crippen molar-refractivity contribution in [1.82, 2.24) is 4.90 Å². The standard InChI is InChI=1S/C16H19NOS/c18-15-13-8-4-5-9-14(13)16(17(15)10-11-19-16)12-6-2-1-3-7-12/h4-5,8-9,12H,1-3,6-7,10-11H2. The predicted octanol–water partition coefficient (Wildman–Crippen LogP) is 3.62. The minimum atomic E-state index is -0.0197. The van der Waals surface area contributed by atoms with E-state index in [0.717, 1.165) is 17.9 Å². The minimum Gasteiger partial charge on any atom is -0.319 e. The first-order valence-corrected chi connectivity index (χ1v) is 8.38. The number of fused-ring (bicyclic) bond motifs is 3. The zero-order chi connectivity index (χ0) is 12.9. The van der Waals surface area contributed by atoms with E-state index in [0.29, 0.717) is 5.92 Å². The van der Waals surface area contributed by atoms with Gasteiger partial charge in [-0.25, -0.2) is 0 Å². The number of benzene rings is 1. The van der Waals surface area contributed by atoms with E-state index in [1.807, 2.05) is 23.9 Å². The second kappa shape index (κ2) is 4.27. The van der Waals surface area contributed by atoms with E-state index in [2.05, 4.69) is 17.0 Å². The van der Waals surface area contributed by atoms with Crippen LogP contribution in [-0.4, -0.2) is 23.1 Å². The highest BCUT2D eigenvalue weighted by molar-refractivity contribution is 8.00. The third-order valence-electron chi connectivity index (χ3n) is 4.99. The topological polar surface area (TPSA) is 20.3 Å². The molecule has 1 saturated heterocycles. The Morgan fingerprint density at radius 3 is 2.79 bits per heavy atom. The number of rotatable bonds is 1. The normalized spacial score (nSPS) is 30.5. The quantitative estimate of drug-likeness (QED) is 0.779.